The van der Waals surface area contributed by atoms with Crippen LogP contribution in [0.4, 0.5) is 4.79 Å². The highest BCUT2D eigenvalue weighted by molar-refractivity contribution is 7.90. The zero-order valence-corrected chi connectivity index (χ0v) is 27.3. The van der Waals surface area contributed by atoms with E-state index in [2.05, 4.69) is 35.0 Å². The van der Waals surface area contributed by atoms with E-state index in [-0.39, 0.29) is 36.0 Å². The second-order valence-corrected chi connectivity index (χ2v) is 15.9. The van der Waals surface area contributed by atoms with Crippen LogP contribution in [0, 0.1) is 0 Å². The van der Waals surface area contributed by atoms with Crippen LogP contribution in [0.15, 0.2) is 82.0 Å². The quantitative estimate of drug-likeness (QED) is 0.247. The number of sulfone groups is 1. The fraction of sp³-hybridized carbons (Fsp3) is 0.344. The third-order valence-electron chi connectivity index (χ3n) is 8.92. The first kappa shape index (κ1) is 30.6. The van der Waals surface area contributed by atoms with Crippen molar-refractivity contribution in [1.82, 2.24) is 19.7 Å². The van der Waals surface area contributed by atoms with Gasteiger partial charge in [0.05, 0.1) is 27.2 Å². The Balaban J connectivity index is 1.27. The topological polar surface area (TPSA) is 108 Å². The summed E-state index contributed by atoms with van der Waals surface area (Å²) in [7, 11) is -4.49. The van der Waals surface area contributed by atoms with E-state index in [1.54, 1.807) is 71.0 Å². The number of hydrogen-bond donors (Lipinski definition) is 0. The van der Waals surface area contributed by atoms with E-state index in [9.17, 15) is 22.2 Å². The van der Waals surface area contributed by atoms with Gasteiger partial charge in [-0.2, -0.15) is 0 Å². The molecule has 0 radical (unpaired) electrons. The highest BCUT2D eigenvalue weighted by atomic mass is 32.2. The molecule has 2 aliphatic rings. The number of nitrogens with zero attached hydrogens (tertiary/aromatic N) is 4. The molecule has 44 heavy (non-hydrogen) atoms. The van der Waals surface area contributed by atoms with Gasteiger partial charge < -0.3 is 4.90 Å². The number of rotatable bonds is 8. The summed E-state index contributed by atoms with van der Waals surface area (Å²) in [4.78, 5) is 38.9. The Kier molecular flexibility index (Phi) is 8.20. The fourth-order valence-corrected chi connectivity index (χ4v) is 8.05. The lowest BCUT2D eigenvalue weighted by molar-refractivity contribution is -0.136. The van der Waals surface area contributed by atoms with Crippen molar-refractivity contribution in [1.29, 1.82) is 0 Å². The van der Waals surface area contributed by atoms with Crippen molar-refractivity contribution in [3.8, 4) is 0 Å². The number of likely N-dealkylation sites (tertiary alicyclic amines) is 1. The van der Waals surface area contributed by atoms with Crippen LogP contribution in [0.3, 0.4) is 0 Å². The minimum absolute atomic E-state index is 0.112. The Labute approximate surface area is 263 Å². The zero-order chi connectivity index (χ0) is 31.2. The molecular weight excluding hydrogens is 617 g/mol. The lowest BCUT2D eigenvalue weighted by atomic mass is 9.84. The van der Waals surface area contributed by atoms with Crippen LogP contribution in [0.25, 0.3) is 10.2 Å². The second kappa shape index (κ2) is 11.8. The number of fused-ring (bicyclic) bond motifs is 1. The lowest BCUT2D eigenvalue weighted by Crippen LogP contribution is -2.56. The molecule has 9 nitrogen and oxygen atoms in total. The number of imide groups is 1. The number of hydrogen-bond acceptors (Lipinski definition) is 8. The molecule has 3 aromatic carbocycles. The largest absolute Gasteiger partial charge is 0.328 e. The Morgan fingerprint density at radius 3 is 2.23 bits per heavy atom. The van der Waals surface area contributed by atoms with Gasteiger partial charge in [-0.25, -0.2) is 18.2 Å². The van der Waals surface area contributed by atoms with Crippen molar-refractivity contribution < 1.29 is 22.2 Å². The summed E-state index contributed by atoms with van der Waals surface area (Å²) in [6, 6.07) is 19.7. The van der Waals surface area contributed by atoms with E-state index in [0.29, 0.717) is 30.8 Å². The predicted molar refractivity (Wildman–Crippen MR) is 171 cm³/mol. The Morgan fingerprint density at radius 2 is 1.59 bits per heavy atom. The lowest BCUT2D eigenvalue weighted by Gasteiger charge is -2.44. The molecular formula is C32H34N4O5S3. The van der Waals surface area contributed by atoms with Crippen molar-refractivity contribution in [3.63, 3.8) is 0 Å². The summed E-state index contributed by atoms with van der Waals surface area (Å²) >= 11 is 1.61. The molecule has 1 spiro atoms. The molecule has 0 saturated carbocycles. The summed E-state index contributed by atoms with van der Waals surface area (Å²) in [6.45, 7) is 3.73. The number of thiazole rings is 1. The average molecular weight is 651 g/mol. The predicted octanol–water partition coefficient (Wildman–Crippen LogP) is 5.00. The Morgan fingerprint density at radius 1 is 0.955 bits per heavy atom. The molecule has 0 bridgehead atoms. The van der Waals surface area contributed by atoms with Crippen molar-refractivity contribution in [2.45, 2.75) is 54.2 Å². The minimum atomic E-state index is -3.36. The van der Waals surface area contributed by atoms with E-state index in [4.69, 9.17) is 0 Å². The highest BCUT2D eigenvalue weighted by Crippen LogP contribution is 2.41. The number of amides is 3. The summed E-state index contributed by atoms with van der Waals surface area (Å²) in [5.74, 6) is -0.213. The van der Waals surface area contributed by atoms with E-state index >= 15 is 0 Å². The fourth-order valence-electron chi connectivity index (χ4n) is 6.24. The van der Waals surface area contributed by atoms with Crippen LogP contribution in [0.5, 0.6) is 0 Å². The zero-order valence-electron chi connectivity index (χ0n) is 24.8. The van der Waals surface area contributed by atoms with Crippen LogP contribution >= 0.6 is 11.3 Å². The van der Waals surface area contributed by atoms with Crippen molar-refractivity contribution in [2.24, 2.45) is 0 Å². The van der Waals surface area contributed by atoms with Crippen molar-refractivity contribution >= 4 is 54.1 Å². The standard InChI is InChI=1S/C32H34N4O5S3/c1-22(25-8-13-29-28(18-25)33-21-42-29)34-16-14-32(15-17-34)30(37)35(19-23-4-9-26(10-5-23)43(2)39)31(38)36(32)20-24-6-11-27(12-7-24)44(3,40)41/h4-13,18,21-22H,14-17,19-20H2,1-3H3/t22-,43?/m0/s1. The van der Waals surface area contributed by atoms with E-state index < -0.39 is 26.2 Å². The van der Waals surface area contributed by atoms with Gasteiger partial charge in [0.25, 0.3) is 5.91 Å². The number of piperidine rings is 1. The molecule has 3 heterocycles. The summed E-state index contributed by atoms with van der Waals surface area (Å²) < 4.78 is 37.0. The first-order valence-corrected chi connectivity index (χ1v) is 18.7. The van der Waals surface area contributed by atoms with E-state index in [0.717, 1.165) is 33.2 Å². The first-order valence-electron chi connectivity index (χ1n) is 14.4. The molecule has 12 heteroatoms. The van der Waals surface area contributed by atoms with Gasteiger partial charge in [-0.3, -0.25) is 18.8 Å². The van der Waals surface area contributed by atoms with Gasteiger partial charge in [-0.15, -0.1) is 11.3 Å². The molecule has 1 aromatic heterocycles. The molecule has 0 N–H and O–H groups in total. The van der Waals surface area contributed by atoms with E-state index in [1.165, 1.54) is 4.90 Å². The van der Waals surface area contributed by atoms with Crippen LogP contribution in [0.1, 0.15) is 42.5 Å². The summed E-state index contributed by atoms with van der Waals surface area (Å²) in [5.41, 5.74) is 4.51. The van der Waals surface area contributed by atoms with Crippen LogP contribution in [-0.4, -0.2) is 75.4 Å². The maximum atomic E-state index is 14.2. The van der Waals surface area contributed by atoms with Crippen LogP contribution < -0.4 is 0 Å². The SMILES string of the molecule is C[C@@H](c1ccc2scnc2c1)N1CCC2(CC1)C(=O)N(Cc1ccc(S(C)=O)cc1)C(=O)N2Cc1ccc(S(C)(=O)=O)cc1. The van der Waals surface area contributed by atoms with Gasteiger partial charge in [-0.05, 0) is 72.9 Å². The van der Waals surface area contributed by atoms with Gasteiger partial charge in [-0.1, -0.05) is 30.3 Å². The highest BCUT2D eigenvalue weighted by Gasteiger charge is 2.58. The van der Waals surface area contributed by atoms with Gasteiger partial charge >= 0.3 is 6.03 Å². The summed E-state index contributed by atoms with van der Waals surface area (Å²) in [6.07, 6.45) is 3.72. The molecule has 6 rings (SSSR count). The monoisotopic (exact) mass is 650 g/mol. The van der Waals surface area contributed by atoms with Crippen molar-refractivity contribution in [2.75, 3.05) is 25.6 Å². The maximum Gasteiger partial charge on any atom is 0.328 e. The molecule has 0 aliphatic carbocycles. The Bertz CT molecular complexity index is 1850. The van der Waals surface area contributed by atoms with Gasteiger partial charge in [0.2, 0.25) is 0 Å². The number of aromatic nitrogens is 1. The number of carbonyl (C=O) groups is 2. The molecule has 2 aliphatic heterocycles. The normalized spacial score (nSPS) is 18.8. The second-order valence-electron chi connectivity index (χ2n) is 11.6. The minimum Gasteiger partial charge on any atom is -0.305 e. The molecule has 230 valence electrons. The molecule has 1 unspecified atom stereocenters. The summed E-state index contributed by atoms with van der Waals surface area (Å²) in [5, 5.41) is 0. The Hall–Kier alpha value is -3.45. The molecule has 3 amide bonds. The smallest absolute Gasteiger partial charge is 0.305 e. The number of carbonyl (C=O) groups excluding carboxylic acids is 2. The molecule has 4 aromatic rings. The molecule has 2 saturated heterocycles. The third kappa shape index (κ3) is 5.71. The third-order valence-corrected chi connectivity index (χ3v) is 11.8. The van der Waals surface area contributed by atoms with Crippen molar-refractivity contribution in [3.05, 3.63) is 88.9 Å². The van der Waals surface area contributed by atoms with Gasteiger partial charge in [0.1, 0.15) is 5.54 Å². The van der Waals surface area contributed by atoms with Gasteiger partial charge in [0.15, 0.2) is 9.84 Å². The molecule has 2 atom stereocenters. The number of urea groups is 1. The van der Waals surface area contributed by atoms with E-state index in [1.807, 2.05) is 5.51 Å². The maximum absolute atomic E-state index is 14.2. The average Bonchev–Trinajstić information content (AvgIpc) is 3.55. The van der Waals surface area contributed by atoms with Crippen LogP contribution in [0.2, 0.25) is 0 Å². The number of benzene rings is 3. The first-order chi connectivity index (χ1) is 21.0. The van der Waals surface area contributed by atoms with Crippen LogP contribution in [-0.2, 0) is 38.5 Å². The van der Waals surface area contributed by atoms with Gasteiger partial charge in [0, 0.05) is 53.9 Å². The molecule has 2 fully saturated rings.